The molecule has 0 saturated carbocycles. The molecule has 2 aromatic carbocycles. The average Bonchev–Trinajstić information content (AvgIpc) is 2.47. The normalized spacial score (nSPS) is 10.6. The number of ether oxygens (including phenoxy) is 2. The molecule has 3 heteroatoms. The highest BCUT2D eigenvalue weighted by Gasteiger charge is 2.05. The van der Waals surface area contributed by atoms with Gasteiger partial charge in [-0.2, -0.15) is 0 Å². The molecule has 3 nitrogen and oxygen atoms in total. The fourth-order valence-corrected chi connectivity index (χ4v) is 2.07. The summed E-state index contributed by atoms with van der Waals surface area (Å²) < 4.78 is 11.4. The topological polar surface area (TPSA) is 44.5 Å². The van der Waals surface area contributed by atoms with Crippen molar-refractivity contribution in [3.63, 3.8) is 0 Å². The fourth-order valence-electron chi connectivity index (χ4n) is 2.07. The quantitative estimate of drug-likeness (QED) is 0.616. The minimum Gasteiger partial charge on any atom is -0.493 e. The Balaban J connectivity index is 1.83. The van der Waals surface area contributed by atoms with E-state index in [1.165, 1.54) is 5.56 Å². The van der Waals surface area contributed by atoms with Gasteiger partial charge >= 0.3 is 0 Å². The van der Waals surface area contributed by atoms with Gasteiger partial charge in [-0.3, -0.25) is 0 Å². The number of nitrogens with two attached hydrogens (primary N) is 1. The van der Waals surface area contributed by atoms with Crippen LogP contribution in [0.3, 0.4) is 0 Å². The summed E-state index contributed by atoms with van der Waals surface area (Å²) in [7, 11) is 0. The summed E-state index contributed by atoms with van der Waals surface area (Å²) in [4.78, 5) is 0. The fraction of sp³-hybridized carbons (Fsp3) is 0.333. The van der Waals surface area contributed by atoms with Crippen LogP contribution >= 0.6 is 0 Å². The van der Waals surface area contributed by atoms with E-state index < -0.39 is 0 Å². The van der Waals surface area contributed by atoms with E-state index in [0.29, 0.717) is 18.0 Å². The van der Waals surface area contributed by atoms with Crippen LogP contribution in [0.15, 0.2) is 48.5 Å². The third-order valence-corrected chi connectivity index (χ3v) is 3.07. The van der Waals surface area contributed by atoms with Crippen molar-refractivity contribution in [2.45, 2.75) is 32.8 Å². The molecule has 0 aliphatic heterocycles. The molecule has 2 N–H and O–H groups in total. The van der Waals surface area contributed by atoms with Gasteiger partial charge in [-0.1, -0.05) is 30.3 Å². The summed E-state index contributed by atoms with van der Waals surface area (Å²) in [6, 6.07) is 16.0. The standard InChI is InChI=1S/C18H23NO2/c1-14(2)21-18-13-16(10-11-17(18)19)20-12-6-9-15-7-4-3-5-8-15/h3-5,7-8,10-11,13-14H,6,9,12,19H2,1-2H3. The minimum atomic E-state index is 0.0978. The van der Waals surface area contributed by atoms with Gasteiger partial charge in [0.15, 0.2) is 0 Å². The van der Waals surface area contributed by atoms with Gasteiger partial charge in [-0.05, 0) is 44.4 Å². The number of rotatable bonds is 7. The Labute approximate surface area is 126 Å². The van der Waals surface area contributed by atoms with Gasteiger partial charge in [0.1, 0.15) is 11.5 Å². The van der Waals surface area contributed by atoms with Crippen molar-refractivity contribution < 1.29 is 9.47 Å². The molecule has 0 fully saturated rings. The van der Waals surface area contributed by atoms with E-state index in [2.05, 4.69) is 24.3 Å². The molecule has 0 aromatic heterocycles. The zero-order chi connectivity index (χ0) is 15.1. The molecular formula is C18H23NO2. The predicted molar refractivity (Wildman–Crippen MR) is 86.9 cm³/mol. The van der Waals surface area contributed by atoms with E-state index in [0.717, 1.165) is 18.6 Å². The second kappa shape index (κ2) is 7.58. The number of benzene rings is 2. The molecule has 0 heterocycles. The van der Waals surface area contributed by atoms with Gasteiger partial charge in [-0.25, -0.2) is 0 Å². The minimum absolute atomic E-state index is 0.0978. The van der Waals surface area contributed by atoms with Crippen LogP contribution < -0.4 is 15.2 Å². The first-order valence-electron chi connectivity index (χ1n) is 7.38. The smallest absolute Gasteiger partial charge is 0.146 e. The van der Waals surface area contributed by atoms with Crippen LogP contribution in [-0.2, 0) is 6.42 Å². The zero-order valence-corrected chi connectivity index (χ0v) is 12.7. The molecule has 112 valence electrons. The predicted octanol–water partition coefficient (Wildman–Crippen LogP) is 4.07. The first kappa shape index (κ1) is 15.2. The van der Waals surface area contributed by atoms with Crippen LogP contribution in [0, 0.1) is 0 Å². The van der Waals surface area contributed by atoms with Crippen molar-refractivity contribution in [3.05, 3.63) is 54.1 Å². The summed E-state index contributed by atoms with van der Waals surface area (Å²) in [5, 5.41) is 0. The van der Waals surface area contributed by atoms with Crippen molar-refractivity contribution in [1.29, 1.82) is 0 Å². The van der Waals surface area contributed by atoms with Crippen molar-refractivity contribution in [2.75, 3.05) is 12.3 Å². The number of anilines is 1. The lowest BCUT2D eigenvalue weighted by Gasteiger charge is -2.14. The molecule has 0 atom stereocenters. The van der Waals surface area contributed by atoms with E-state index >= 15 is 0 Å². The molecule has 0 radical (unpaired) electrons. The van der Waals surface area contributed by atoms with Gasteiger partial charge in [0, 0.05) is 6.07 Å². The van der Waals surface area contributed by atoms with Crippen LogP contribution in [0.5, 0.6) is 11.5 Å². The third-order valence-electron chi connectivity index (χ3n) is 3.07. The van der Waals surface area contributed by atoms with Gasteiger partial charge in [0.05, 0.1) is 18.4 Å². The average molecular weight is 285 g/mol. The zero-order valence-electron chi connectivity index (χ0n) is 12.7. The molecular weight excluding hydrogens is 262 g/mol. The summed E-state index contributed by atoms with van der Waals surface area (Å²) in [5.41, 5.74) is 7.86. The Morgan fingerprint density at radius 1 is 1.05 bits per heavy atom. The van der Waals surface area contributed by atoms with Crippen LogP contribution in [0.4, 0.5) is 5.69 Å². The Kier molecular flexibility index (Phi) is 5.50. The summed E-state index contributed by atoms with van der Waals surface area (Å²) in [5.74, 6) is 1.48. The van der Waals surface area contributed by atoms with E-state index in [1.54, 1.807) is 0 Å². The molecule has 0 amide bonds. The van der Waals surface area contributed by atoms with Crippen molar-refractivity contribution in [1.82, 2.24) is 0 Å². The van der Waals surface area contributed by atoms with E-state index in [1.807, 2.05) is 38.1 Å². The monoisotopic (exact) mass is 285 g/mol. The van der Waals surface area contributed by atoms with Gasteiger partial charge in [0.25, 0.3) is 0 Å². The number of nitrogen functional groups attached to an aromatic ring is 1. The maximum absolute atomic E-state index is 5.89. The molecule has 0 unspecified atom stereocenters. The second-order valence-corrected chi connectivity index (χ2v) is 5.30. The molecule has 0 spiro atoms. The largest absolute Gasteiger partial charge is 0.493 e. The Hall–Kier alpha value is -2.16. The SMILES string of the molecule is CC(C)Oc1cc(OCCCc2ccccc2)ccc1N. The molecule has 0 saturated heterocycles. The molecule has 2 rings (SSSR count). The third kappa shape index (κ3) is 5.03. The van der Waals surface area contributed by atoms with Crippen molar-refractivity contribution >= 4 is 5.69 Å². The van der Waals surface area contributed by atoms with Crippen molar-refractivity contribution in [2.24, 2.45) is 0 Å². The summed E-state index contributed by atoms with van der Waals surface area (Å²) in [6.45, 7) is 4.64. The van der Waals surface area contributed by atoms with Crippen LogP contribution in [0.25, 0.3) is 0 Å². The highest BCUT2D eigenvalue weighted by atomic mass is 16.5. The van der Waals surface area contributed by atoms with Gasteiger partial charge in [-0.15, -0.1) is 0 Å². The van der Waals surface area contributed by atoms with Gasteiger partial charge < -0.3 is 15.2 Å². The maximum atomic E-state index is 5.89. The molecule has 21 heavy (non-hydrogen) atoms. The highest BCUT2D eigenvalue weighted by Crippen LogP contribution is 2.27. The van der Waals surface area contributed by atoms with Gasteiger partial charge in [0.2, 0.25) is 0 Å². The van der Waals surface area contributed by atoms with Crippen LogP contribution in [0.1, 0.15) is 25.8 Å². The van der Waals surface area contributed by atoms with Crippen LogP contribution in [0.2, 0.25) is 0 Å². The van der Waals surface area contributed by atoms with E-state index in [4.69, 9.17) is 15.2 Å². The molecule has 0 bridgehead atoms. The molecule has 2 aromatic rings. The van der Waals surface area contributed by atoms with E-state index in [-0.39, 0.29) is 6.10 Å². The lowest BCUT2D eigenvalue weighted by molar-refractivity contribution is 0.241. The molecule has 0 aliphatic carbocycles. The summed E-state index contributed by atoms with van der Waals surface area (Å²) in [6.07, 6.45) is 2.10. The first-order valence-corrected chi connectivity index (χ1v) is 7.38. The molecule has 0 aliphatic rings. The summed E-state index contributed by atoms with van der Waals surface area (Å²) >= 11 is 0. The first-order chi connectivity index (χ1) is 10.1. The number of hydrogen-bond donors (Lipinski definition) is 1. The number of hydrogen-bond acceptors (Lipinski definition) is 3. The lowest BCUT2D eigenvalue weighted by Crippen LogP contribution is -2.08. The Bertz CT molecular complexity index is 552. The Morgan fingerprint density at radius 3 is 2.52 bits per heavy atom. The van der Waals surface area contributed by atoms with Crippen molar-refractivity contribution in [3.8, 4) is 11.5 Å². The number of aryl methyl sites for hydroxylation is 1. The van der Waals surface area contributed by atoms with E-state index in [9.17, 15) is 0 Å². The van der Waals surface area contributed by atoms with Crippen LogP contribution in [-0.4, -0.2) is 12.7 Å². The lowest BCUT2D eigenvalue weighted by atomic mass is 10.1. The maximum Gasteiger partial charge on any atom is 0.146 e. The second-order valence-electron chi connectivity index (χ2n) is 5.30. The Morgan fingerprint density at radius 2 is 1.81 bits per heavy atom. The highest BCUT2D eigenvalue weighted by molar-refractivity contribution is 5.55.